The topological polar surface area (TPSA) is 59.1 Å². The summed E-state index contributed by atoms with van der Waals surface area (Å²) < 4.78 is 10.4. The first-order valence-corrected chi connectivity index (χ1v) is 6.98. The van der Waals surface area contributed by atoms with Crippen molar-refractivity contribution in [1.82, 2.24) is 4.90 Å². The van der Waals surface area contributed by atoms with Crippen LogP contribution >= 0.6 is 0 Å². The third-order valence-corrected chi connectivity index (χ3v) is 4.05. The van der Waals surface area contributed by atoms with Gasteiger partial charge in [-0.05, 0) is 30.2 Å². The summed E-state index contributed by atoms with van der Waals surface area (Å²) in [5, 5.41) is 0. The highest BCUT2D eigenvalue weighted by atomic mass is 16.6. The van der Waals surface area contributed by atoms with Gasteiger partial charge in [0.2, 0.25) is 5.91 Å². The van der Waals surface area contributed by atoms with E-state index in [4.69, 9.17) is 9.47 Å². The number of ether oxygens (including phenoxy) is 2. The molecule has 0 bridgehead atoms. The second-order valence-corrected chi connectivity index (χ2v) is 5.32. The molecule has 0 aliphatic carbocycles. The Balaban J connectivity index is 2.06. The maximum Gasteiger partial charge on any atom is 0.414 e. The molecule has 1 aromatic rings. The molecule has 2 aliphatic rings. The van der Waals surface area contributed by atoms with Crippen LogP contribution in [0.2, 0.25) is 0 Å². The Bertz CT molecular complexity index is 587. The minimum absolute atomic E-state index is 0.0215. The van der Waals surface area contributed by atoms with Crippen molar-refractivity contribution in [3.63, 3.8) is 0 Å². The van der Waals surface area contributed by atoms with Gasteiger partial charge in [-0.25, -0.2) is 4.79 Å². The maximum atomic E-state index is 12.0. The number of rotatable bonds is 1. The van der Waals surface area contributed by atoms with E-state index < -0.39 is 0 Å². The van der Waals surface area contributed by atoms with Gasteiger partial charge in [0.15, 0.2) is 0 Å². The number of cyclic esters (lactones) is 1. The molecule has 0 aromatic heterocycles. The second kappa shape index (κ2) is 5.27. The van der Waals surface area contributed by atoms with Crippen LogP contribution in [0.15, 0.2) is 18.2 Å². The second-order valence-electron chi connectivity index (χ2n) is 5.32. The van der Waals surface area contributed by atoms with E-state index in [9.17, 15) is 9.59 Å². The van der Waals surface area contributed by atoms with Gasteiger partial charge in [-0.15, -0.1) is 0 Å². The Morgan fingerprint density at radius 2 is 2.24 bits per heavy atom. The quantitative estimate of drug-likeness (QED) is 0.791. The number of hydrogen-bond donors (Lipinski definition) is 0. The van der Waals surface area contributed by atoms with Crippen LogP contribution in [-0.2, 0) is 16.1 Å². The van der Waals surface area contributed by atoms with Crippen LogP contribution in [0.5, 0.6) is 5.75 Å². The third kappa shape index (κ3) is 2.41. The molecule has 112 valence electrons. The van der Waals surface area contributed by atoms with E-state index in [1.54, 1.807) is 23.8 Å². The van der Waals surface area contributed by atoms with E-state index in [1.807, 2.05) is 18.2 Å². The molecule has 0 unspecified atom stereocenters. The summed E-state index contributed by atoms with van der Waals surface area (Å²) in [5.41, 5.74) is 1.70. The highest BCUT2D eigenvalue weighted by molar-refractivity contribution is 5.91. The van der Waals surface area contributed by atoms with Crippen LogP contribution in [0, 0.1) is 0 Å². The van der Waals surface area contributed by atoms with Gasteiger partial charge in [-0.3, -0.25) is 9.69 Å². The summed E-state index contributed by atoms with van der Waals surface area (Å²) in [6.45, 7) is 3.02. The van der Waals surface area contributed by atoms with Crippen LogP contribution in [0.3, 0.4) is 0 Å². The lowest BCUT2D eigenvalue weighted by molar-refractivity contribution is -0.129. The molecule has 1 atom stereocenters. The van der Waals surface area contributed by atoms with Gasteiger partial charge in [0.25, 0.3) is 0 Å². The Hall–Kier alpha value is -2.24. The number of carbonyl (C=O) groups excluding carboxylic acids is 2. The van der Waals surface area contributed by atoms with Crippen molar-refractivity contribution in [2.24, 2.45) is 0 Å². The van der Waals surface area contributed by atoms with Crippen LogP contribution in [0.25, 0.3) is 0 Å². The van der Waals surface area contributed by atoms with E-state index in [1.165, 1.54) is 0 Å². The zero-order chi connectivity index (χ0) is 15.0. The summed E-state index contributed by atoms with van der Waals surface area (Å²) in [5.74, 6) is 0.740. The van der Waals surface area contributed by atoms with Crippen molar-refractivity contribution in [3.8, 4) is 5.75 Å². The first-order chi connectivity index (χ1) is 10.1. The first-order valence-electron chi connectivity index (χ1n) is 6.98. The van der Waals surface area contributed by atoms with Crippen LogP contribution in [-0.4, -0.2) is 43.2 Å². The molecule has 1 aromatic carbocycles. The van der Waals surface area contributed by atoms with Gasteiger partial charge < -0.3 is 14.4 Å². The van der Waals surface area contributed by atoms with E-state index in [2.05, 4.69) is 0 Å². The van der Waals surface area contributed by atoms with Gasteiger partial charge in [-0.2, -0.15) is 0 Å². The Morgan fingerprint density at radius 1 is 1.43 bits per heavy atom. The predicted octanol–water partition coefficient (Wildman–Crippen LogP) is 1.77. The molecule has 21 heavy (non-hydrogen) atoms. The van der Waals surface area contributed by atoms with Crippen LogP contribution in [0.1, 0.15) is 18.9 Å². The van der Waals surface area contributed by atoms with Gasteiger partial charge in [-0.1, -0.05) is 0 Å². The number of nitrogens with zero attached hydrogens (tertiary/aromatic N) is 2. The number of anilines is 1. The zero-order valence-electron chi connectivity index (χ0n) is 12.2. The third-order valence-electron chi connectivity index (χ3n) is 4.05. The molecule has 6 nitrogen and oxygen atoms in total. The number of benzene rings is 1. The van der Waals surface area contributed by atoms with Gasteiger partial charge in [0.05, 0.1) is 18.8 Å². The number of methoxy groups -OCH3 is 1. The van der Waals surface area contributed by atoms with Gasteiger partial charge in [0.1, 0.15) is 12.4 Å². The van der Waals surface area contributed by atoms with Crippen LogP contribution in [0.4, 0.5) is 10.5 Å². The minimum Gasteiger partial charge on any atom is -0.497 e. The molecule has 0 saturated carbocycles. The molecular weight excluding hydrogens is 272 g/mol. The average molecular weight is 290 g/mol. The standard InChI is InChI=1S/C15H18N2O4/c1-10(18)16-6-5-12-9-21-15(19)17(12)14-4-3-13(20-2)7-11(14)8-16/h3-4,7,12H,5-6,8-9H2,1-2H3/t12-/m0/s1. The molecule has 0 N–H and O–H groups in total. The number of fused-ring (bicyclic) bond motifs is 3. The van der Waals surface area contributed by atoms with Gasteiger partial charge in [0, 0.05) is 20.0 Å². The fraction of sp³-hybridized carbons (Fsp3) is 0.467. The van der Waals surface area contributed by atoms with Crippen molar-refractivity contribution < 1.29 is 19.1 Å². The first kappa shape index (κ1) is 13.7. The molecular formula is C15H18N2O4. The van der Waals surface area contributed by atoms with E-state index in [0.717, 1.165) is 17.7 Å². The molecule has 6 heteroatoms. The van der Waals surface area contributed by atoms with Crippen molar-refractivity contribution >= 4 is 17.7 Å². The molecule has 0 radical (unpaired) electrons. The van der Waals surface area contributed by atoms with Crippen molar-refractivity contribution in [1.29, 1.82) is 0 Å². The predicted molar refractivity (Wildman–Crippen MR) is 76.3 cm³/mol. The van der Waals surface area contributed by atoms with Crippen molar-refractivity contribution in [2.75, 3.05) is 25.2 Å². The minimum atomic E-state index is -0.317. The largest absolute Gasteiger partial charge is 0.497 e. The molecule has 1 saturated heterocycles. The lowest BCUT2D eigenvalue weighted by atomic mass is 10.0. The molecule has 2 heterocycles. The molecule has 2 amide bonds. The van der Waals surface area contributed by atoms with Gasteiger partial charge >= 0.3 is 6.09 Å². The van der Waals surface area contributed by atoms with Crippen LogP contribution < -0.4 is 9.64 Å². The Morgan fingerprint density at radius 3 is 2.95 bits per heavy atom. The van der Waals surface area contributed by atoms with Crippen molar-refractivity contribution in [3.05, 3.63) is 23.8 Å². The fourth-order valence-corrected chi connectivity index (χ4v) is 2.88. The van der Waals surface area contributed by atoms with E-state index in [-0.39, 0.29) is 18.0 Å². The number of amides is 2. The summed E-state index contributed by atoms with van der Waals surface area (Å²) in [4.78, 5) is 27.3. The number of hydrogen-bond acceptors (Lipinski definition) is 4. The molecule has 2 aliphatic heterocycles. The maximum absolute atomic E-state index is 12.0. The normalized spacial score (nSPS) is 21.0. The average Bonchev–Trinajstić information content (AvgIpc) is 2.80. The van der Waals surface area contributed by atoms with Crippen molar-refractivity contribution in [2.45, 2.75) is 25.9 Å². The Labute approximate surface area is 123 Å². The molecule has 0 spiro atoms. The lowest BCUT2D eigenvalue weighted by Gasteiger charge is -2.32. The SMILES string of the molecule is COc1ccc2c(c1)CN(C(C)=O)CC[C@H]1COC(=O)N21. The fourth-order valence-electron chi connectivity index (χ4n) is 2.88. The lowest BCUT2D eigenvalue weighted by Crippen LogP contribution is -2.41. The highest BCUT2D eigenvalue weighted by Gasteiger charge is 2.37. The molecule has 3 rings (SSSR count). The van der Waals surface area contributed by atoms with E-state index in [0.29, 0.717) is 25.4 Å². The molecule has 1 fully saturated rings. The number of carbonyl (C=O) groups is 2. The smallest absolute Gasteiger partial charge is 0.414 e. The summed E-state index contributed by atoms with van der Waals surface area (Å²) in [7, 11) is 1.60. The zero-order valence-corrected chi connectivity index (χ0v) is 12.2. The van der Waals surface area contributed by atoms with E-state index >= 15 is 0 Å². The summed E-state index contributed by atoms with van der Waals surface area (Å²) in [6, 6.07) is 5.53. The summed E-state index contributed by atoms with van der Waals surface area (Å²) in [6.07, 6.45) is 0.402. The monoisotopic (exact) mass is 290 g/mol. The summed E-state index contributed by atoms with van der Waals surface area (Å²) >= 11 is 0. The Kier molecular flexibility index (Phi) is 3.45. The highest BCUT2D eigenvalue weighted by Crippen LogP contribution is 2.33.